The molecule has 17 unspecified atom stereocenters. The van der Waals surface area contributed by atoms with E-state index in [4.69, 9.17) is 10.5 Å². The standard InChI is InChI=1S/C71H91N3O8S2/c1-2-42-26-49-32-64(79)66(82-67-33-50(28-52-18-11-24-73-52)54-22-25-74-70(72)61(54)41-84-83-40-51(38-75)69(67)81)35-56(49)58-34-65(80)68-47(30-55(42)58)21-23-71(36-53(77)19-20-63(68)78)37-60(44-14-7-4-8-15-44)57-29-46-17-10-9-16-45(46)27-48(31-59(57)62(71)39-76)43-12-5-3-6-13-43/h4,7-11,14-18,22,24,30,32,35,42-43,47-48,50-51,53,57-60,62-63,65,67-69,73-81H,2-3,5-6,12-13,19-20,25-29,31,33-34,36-41,72H2,1H3. The molecule has 0 radical (unpaired) electrons. The zero-order valence-corrected chi connectivity index (χ0v) is 50.7. The molecule has 11 N–H and O–H groups in total. The number of aromatic amines is 1. The van der Waals surface area contributed by atoms with Gasteiger partial charge < -0.3 is 56.5 Å². The Kier molecular flexibility index (Phi) is 18.7. The number of aliphatic hydroxyl groups excluding tert-OH is 6. The molecular formula is C71H91N3O8S2. The van der Waals surface area contributed by atoms with E-state index in [0.717, 1.165) is 53.7 Å². The maximum Gasteiger partial charge on any atom is 0.161 e. The number of H-pyrrole nitrogens is 1. The number of allylic oxidation sites excluding steroid dienone is 3. The van der Waals surface area contributed by atoms with Gasteiger partial charge in [0, 0.05) is 83.7 Å². The summed E-state index contributed by atoms with van der Waals surface area (Å²) in [5.41, 5.74) is 16.4. The minimum Gasteiger partial charge on any atom is -0.504 e. The van der Waals surface area contributed by atoms with Crippen molar-refractivity contribution in [3.8, 4) is 23.3 Å². The molecule has 4 aromatic rings. The molecule has 2 aliphatic heterocycles. The van der Waals surface area contributed by atoms with Gasteiger partial charge in [-0.3, -0.25) is 0 Å². The Hall–Kier alpha value is -4.62. The number of aliphatic hydroxyl groups is 6. The van der Waals surface area contributed by atoms with Crippen molar-refractivity contribution in [1.82, 2.24) is 10.3 Å². The summed E-state index contributed by atoms with van der Waals surface area (Å²) in [4.78, 5) is 3.39. The molecule has 8 aliphatic rings. The Balaban J connectivity index is 0.932. The molecule has 1 spiro atoms. The molecule has 1 saturated heterocycles. The molecular weight excluding hydrogens is 1090 g/mol. The van der Waals surface area contributed by atoms with Crippen LogP contribution in [0.3, 0.4) is 0 Å². The second kappa shape index (κ2) is 26.4. The molecule has 0 bridgehead atoms. The summed E-state index contributed by atoms with van der Waals surface area (Å²) < 4.78 is 7.02. The van der Waals surface area contributed by atoms with Crippen molar-refractivity contribution in [1.29, 1.82) is 0 Å². The highest BCUT2D eigenvalue weighted by molar-refractivity contribution is 8.76. The first-order valence-corrected chi connectivity index (χ1v) is 34.5. The summed E-state index contributed by atoms with van der Waals surface area (Å²) in [6, 6.07) is 27.9. The van der Waals surface area contributed by atoms with Gasteiger partial charge in [0.1, 0.15) is 11.9 Å². The van der Waals surface area contributed by atoms with Crippen molar-refractivity contribution in [2.45, 2.75) is 158 Å². The molecule has 3 heterocycles. The van der Waals surface area contributed by atoms with E-state index in [0.29, 0.717) is 87.1 Å². The van der Waals surface area contributed by atoms with Crippen LogP contribution in [-0.4, -0.2) is 103 Å². The number of rotatable bonds is 9. The van der Waals surface area contributed by atoms with Crippen molar-refractivity contribution < 1.29 is 40.5 Å². The molecule has 11 nitrogen and oxygen atoms in total. The average Bonchev–Trinajstić information content (AvgIpc) is 2.35. The van der Waals surface area contributed by atoms with Crippen LogP contribution in [0.15, 0.2) is 120 Å². The summed E-state index contributed by atoms with van der Waals surface area (Å²) in [6.45, 7) is 2.51. The number of hydrogen-bond acceptors (Lipinski definition) is 12. The van der Waals surface area contributed by atoms with Gasteiger partial charge in [-0.2, -0.15) is 0 Å². The van der Waals surface area contributed by atoms with E-state index in [9.17, 15) is 35.7 Å². The van der Waals surface area contributed by atoms with Crippen LogP contribution in [0.1, 0.15) is 136 Å². The number of aromatic nitrogens is 1. The first-order valence-electron chi connectivity index (χ1n) is 32.0. The monoisotopic (exact) mass is 1180 g/mol. The number of fused-ring (bicyclic) bond motifs is 7. The first kappa shape index (κ1) is 59.7. The van der Waals surface area contributed by atoms with E-state index in [1.807, 2.05) is 24.4 Å². The topological polar surface area (TPSA) is 205 Å². The molecule has 12 rings (SSSR count). The number of dihydropyridines is 1. The normalized spacial score (nSPS) is 35.8. The lowest BCUT2D eigenvalue weighted by Crippen LogP contribution is -2.51. The molecule has 2 saturated carbocycles. The fourth-order valence-electron chi connectivity index (χ4n) is 17.7. The highest BCUT2D eigenvalue weighted by atomic mass is 33.1. The number of aromatic hydroxyl groups is 1. The molecule has 84 heavy (non-hydrogen) atoms. The molecule has 17 atom stereocenters. The molecule has 3 aromatic carbocycles. The zero-order valence-electron chi connectivity index (χ0n) is 49.0. The van der Waals surface area contributed by atoms with Crippen molar-refractivity contribution in [3.05, 3.63) is 153 Å². The quantitative estimate of drug-likeness (QED) is 0.0432. The number of benzene rings is 3. The number of ether oxygens (including phenoxy) is 1. The number of hydrogen-bond donors (Lipinski definition) is 10. The largest absolute Gasteiger partial charge is 0.504 e. The summed E-state index contributed by atoms with van der Waals surface area (Å²) in [5, 5.41) is 88.5. The van der Waals surface area contributed by atoms with E-state index < -0.39 is 53.7 Å². The smallest absolute Gasteiger partial charge is 0.161 e. The van der Waals surface area contributed by atoms with Crippen LogP contribution < -0.4 is 15.8 Å². The third-order valence-corrected chi connectivity index (χ3v) is 24.4. The van der Waals surface area contributed by atoms with E-state index in [1.54, 1.807) is 21.6 Å². The molecule has 13 heteroatoms. The second-order valence-electron chi connectivity index (χ2n) is 26.7. The number of nitrogens with two attached hydrogens (primary N) is 1. The molecule has 6 aliphatic carbocycles. The van der Waals surface area contributed by atoms with Gasteiger partial charge in [0.15, 0.2) is 11.5 Å². The maximum atomic E-state index is 12.9. The van der Waals surface area contributed by atoms with Crippen LogP contribution in [0.25, 0.3) is 0 Å². The lowest BCUT2D eigenvalue weighted by molar-refractivity contribution is -0.0559. The third-order valence-electron chi connectivity index (χ3n) is 22.0. The van der Waals surface area contributed by atoms with Crippen LogP contribution in [0.2, 0.25) is 0 Å². The average molecular weight is 1180 g/mol. The van der Waals surface area contributed by atoms with Crippen molar-refractivity contribution >= 4 is 21.6 Å². The summed E-state index contributed by atoms with van der Waals surface area (Å²) >= 11 is 0. The van der Waals surface area contributed by atoms with Crippen molar-refractivity contribution in [2.75, 3.05) is 31.3 Å². The van der Waals surface area contributed by atoms with Gasteiger partial charge in [0.25, 0.3) is 0 Å². The predicted molar refractivity (Wildman–Crippen MR) is 336 cm³/mol. The van der Waals surface area contributed by atoms with Crippen LogP contribution in [0.5, 0.6) is 11.5 Å². The Morgan fingerprint density at radius 1 is 0.774 bits per heavy atom. The first-order chi connectivity index (χ1) is 40.9. The van der Waals surface area contributed by atoms with E-state index >= 15 is 0 Å². The minimum atomic E-state index is -1.08. The van der Waals surface area contributed by atoms with Gasteiger partial charge >= 0.3 is 0 Å². The Labute approximate surface area is 506 Å². The fourth-order valence-corrected chi connectivity index (χ4v) is 20.2. The SMILES string of the molecule is CCC1Cc2cc(O)c(OC3CC(Cc4ccc[nH]4)C4=CCNC(N)=C4CSSCC(CO)C3O)cc2C2CC(O)C3C(C#CC4(CC(O)CCC3O)CC(c3ccccc3)C3Cc5ccccc5CC(C5CCCCC5)CC3C4CO)C=C12. The Morgan fingerprint density at radius 3 is 2.33 bits per heavy atom. The van der Waals surface area contributed by atoms with Crippen LogP contribution in [-0.2, 0) is 25.7 Å². The van der Waals surface area contributed by atoms with Gasteiger partial charge in [0.2, 0.25) is 0 Å². The second-order valence-corrected chi connectivity index (χ2v) is 29.2. The number of nitrogens with one attached hydrogen (secondary N) is 2. The van der Waals surface area contributed by atoms with Crippen molar-refractivity contribution in [2.24, 2.45) is 70.3 Å². The van der Waals surface area contributed by atoms with Gasteiger partial charge in [-0.25, -0.2) is 0 Å². The Morgan fingerprint density at radius 2 is 1.57 bits per heavy atom. The molecule has 0 amide bonds. The third kappa shape index (κ3) is 12.3. The van der Waals surface area contributed by atoms with Gasteiger partial charge in [-0.05, 0) is 176 Å². The summed E-state index contributed by atoms with van der Waals surface area (Å²) in [5.74, 6) is 9.35. The van der Waals surface area contributed by atoms with Gasteiger partial charge in [-0.1, -0.05) is 145 Å². The van der Waals surface area contributed by atoms with Crippen LogP contribution >= 0.6 is 21.6 Å². The number of phenolic OH excluding ortho intramolecular Hbond substituents is 1. The lowest BCUT2D eigenvalue weighted by atomic mass is 9.49. The number of phenols is 1. The van der Waals surface area contributed by atoms with E-state index in [2.05, 4.69) is 102 Å². The van der Waals surface area contributed by atoms with Gasteiger partial charge in [-0.15, -0.1) is 0 Å². The van der Waals surface area contributed by atoms with E-state index in [-0.39, 0.29) is 66.1 Å². The van der Waals surface area contributed by atoms with Crippen LogP contribution in [0.4, 0.5) is 0 Å². The predicted octanol–water partition coefficient (Wildman–Crippen LogP) is 10.7. The van der Waals surface area contributed by atoms with Crippen molar-refractivity contribution in [3.63, 3.8) is 0 Å². The molecule has 450 valence electrons. The highest BCUT2D eigenvalue weighted by Gasteiger charge is 2.55. The summed E-state index contributed by atoms with van der Waals surface area (Å²) in [7, 11) is 3.26. The van der Waals surface area contributed by atoms with Crippen LogP contribution in [0, 0.1) is 76.4 Å². The maximum absolute atomic E-state index is 12.9. The lowest BCUT2D eigenvalue weighted by Gasteiger charge is -2.55. The van der Waals surface area contributed by atoms with Gasteiger partial charge in [0.05, 0.1) is 24.4 Å². The zero-order chi connectivity index (χ0) is 58.1. The Bertz CT molecular complexity index is 3060. The fraction of sp³-hybridized carbons (Fsp3) is 0.577. The molecule has 3 fully saturated rings. The summed E-state index contributed by atoms with van der Waals surface area (Å²) in [6.07, 6.45) is 15.7. The minimum absolute atomic E-state index is 0.0242. The van der Waals surface area contributed by atoms with E-state index in [1.165, 1.54) is 54.4 Å². The highest BCUT2D eigenvalue weighted by Crippen LogP contribution is 2.60. The molecule has 1 aromatic heterocycles.